The summed E-state index contributed by atoms with van der Waals surface area (Å²) < 4.78 is 19.4. The van der Waals surface area contributed by atoms with Crippen LogP contribution in [-0.4, -0.2) is 12.6 Å². The molecule has 0 aliphatic heterocycles. The Morgan fingerprint density at radius 1 is 1.40 bits per heavy atom. The fraction of sp³-hybridized carbons (Fsp3) is 0.250. The van der Waals surface area contributed by atoms with E-state index >= 15 is 0 Å². The van der Waals surface area contributed by atoms with Gasteiger partial charge in [-0.15, -0.1) is 0 Å². The molecule has 2 aromatic rings. The molecule has 0 amide bonds. The van der Waals surface area contributed by atoms with Crippen molar-refractivity contribution >= 4 is 16.7 Å². The van der Waals surface area contributed by atoms with Crippen LogP contribution in [-0.2, 0) is 15.2 Å². The Hall–Kier alpha value is -2.41. The summed E-state index contributed by atoms with van der Waals surface area (Å²) in [4.78, 5) is 11.7. The topological polar surface area (TPSA) is 50.1 Å². The molecule has 3 nitrogen and oxygen atoms in total. The number of halogens is 1. The number of aryl methyl sites for hydroxylation is 1. The number of alkyl halides is 1. The van der Waals surface area contributed by atoms with Gasteiger partial charge < -0.3 is 4.74 Å². The van der Waals surface area contributed by atoms with Gasteiger partial charge in [-0.05, 0) is 36.2 Å². The van der Waals surface area contributed by atoms with Crippen molar-refractivity contribution in [2.24, 2.45) is 0 Å². The molecular weight excluding hydrogens is 257 g/mol. The van der Waals surface area contributed by atoms with E-state index in [-0.39, 0.29) is 12.2 Å². The van der Waals surface area contributed by atoms with E-state index in [1.54, 1.807) is 6.92 Å². The minimum Gasteiger partial charge on any atom is -0.463 e. The van der Waals surface area contributed by atoms with Crippen LogP contribution in [0.25, 0.3) is 10.8 Å². The highest BCUT2D eigenvalue weighted by Gasteiger charge is 2.43. The first-order valence-corrected chi connectivity index (χ1v) is 6.30. The van der Waals surface area contributed by atoms with Gasteiger partial charge >= 0.3 is 11.6 Å². The minimum atomic E-state index is -2.77. The van der Waals surface area contributed by atoms with Gasteiger partial charge in [0.1, 0.15) is 6.07 Å². The summed E-state index contributed by atoms with van der Waals surface area (Å²) in [5.41, 5.74) is -1.96. The molecule has 4 heteroatoms. The highest BCUT2D eigenvalue weighted by molar-refractivity contribution is 5.90. The summed E-state index contributed by atoms with van der Waals surface area (Å²) in [6.45, 7) is 3.41. The standard InChI is InChI=1S/C16H14FNO2/c1-3-20-15(19)16(17,10-18)13-8-11(2)14-7-5-4-6-12(14)9-13/h4-9H,3H2,1-2H3/t16-/m0/s1. The number of nitriles is 1. The molecule has 0 fully saturated rings. The number of nitrogens with zero attached hydrogens (tertiary/aromatic N) is 1. The molecule has 0 heterocycles. The SMILES string of the molecule is CCOC(=O)[C@](F)(C#N)c1cc(C)c2ccccc2c1. The van der Waals surface area contributed by atoms with E-state index in [1.807, 2.05) is 31.2 Å². The van der Waals surface area contributed by atoms with Crippen molar-refractivity contribution in [3.8, 4) is 6.07 Å². The highest BCUT2D eigenvalue weighted by atomic mass is 19.1. The third-order valence-corrected chi connectivity index (χ3v) is 3.18. The predicted molar refractivity (Wildman–Crippen MR) is 73.7 cm³/mol. The van der Waals surface area contributed by atoms with Crippen LogP contribution in [0.1, 0.15) is 18.1 Å². The van der Waals surface area contributed by atoms with Gasteiger partial charge in [0.05, 0.1) is 6.61 Å². The lowest BCUT2D eigenvalue weighted by Gasteiger charge is -2.17. The van der Waals surface area contributed by atoms with Crippen LogP contribution >= 0.6 is 0 Å². The molecule has 0 saturated heterocycles. The fourth-order valence-corrected chi connectivity index (χ4v) is 2.16. The third-order valence-electron chi connectivity index (χ3n) is 3.18. The smallest absolute Gasteiger partial charge is 0.363 e. The van der Waals surface area contributed by atoms with E-state index < -0.39 is 11.6 Å². The molecule has 0 spiro atoms. The Morgan fingerprint density at radius 3 is 2.75 bits per heavy atom. The van der Waals surface area contributed by atoms with E-state index in [0.717, 1.165) is 16.3 Å². The second kappa shape index (κ2) is 5.30. The van der Waals surface area contributed by atoms with Crippen LogP contribution in [0.4, 0.5) is 4.39 Å². The quantitative estimate of drug-likeness (QED) is 0.804. The van der Waals surface area contributed by atoms with Gasteiger partial charge in [0.15, 0.2) is 0 Å². The molecule has 0 aromatic heterocycles. The minimum absolute atomic E-state index is 0.00894. The molecule has 1 atom stereocenters. The number of hydrogen-bond donors (Lipinski definition) is 0. The molecule has 0 aliphatic carbocycles. The van der Waals surface area contributed by atoms with Gasteiger partial charge in [-0.25, -0.2) is 9.18 Å². The third kappa shape index (κ3) is 2.23. The zero-order valence-electron chi connectivity index (χ0n) is 11.3. The zero-order chi connectivity index (χ0) is 14.8. The molecule has 0 unspecified atom stereocenters. The monoisotopic (exact) mass is 271 g/mol. The van der Waals surface area contributed by atoms with E-state index in [0.29, 0.717) is 0 Å². The molecule has 0 saturated carbocycles. The number of carbonyl (C=O) groups excluding carboxylic acids is 1. The Labute approximate surface area is 116 Å². The van der Waals surface area contributed by atoms with Gasteiger partial charge in [-0.3, -0.25) is 0 Å². The van der Waals surface area contributed by atoms with Crippen molar-refractivity contribution in [2.45, 2.75) is 19.5 Å². The number of rotatable bonds is 3. The molecule has 2 aromatic carbocycles. The molecule has 0 radical (unpaired) electrons. The lowest BCUT2D eigenvalue weighted by Crippen LogP contribution is -2.31. The first kappa shape index (κ1) is 14.0. The molecule has 0 aliphatic rings. The summed E-state index contributed by atoms with van der Waals surface area (Å²) in [6, 6.07) is 11.9. The Bertz CT molecular complexity index is 705. The number of carbonyl (C=O) groups is 1. The van der Waals surface area contributed by atoms with Crippen molar-refractivity contribution in [1.82, 2.24) is 0 Å². The van der Waals surface area contributed by atoms with Gasteiger partial charge in [-0.1, -0.05) is 30.3 Å². The summed E-state index contributed by atoms with van der Waals surface area (Å²) in [5, 5.41) is 10.8. The highest BCUT2D eigenvalue weighted by Crippen LogP contribution is 2.31. The molecule has 0 bridgehead atoms. The van der Waals surface area contributed by atoms with E-state index in [2.05, 4.69) is 4.74 Å². The summed E-state index contributed by atoms with van der Waals surface area (Å²) >= 11 is 0. The van der Waals surface area contributed by atoms with E-state index in [4.69, 9.17) is 5.26 Å². The summed E-state index contributed by atoms with van der Waals surface area (Å²) in [7, 11) is 0. The summed E-state index contributed by atoms with van der Waals surface area (Å²) in [5.74, 6) is -1.17. The first-order valence-electron chi connectivity index (χ1n) is 6.30. The Balaban J connectivity index is 2.62. The Morgan fingerprint density at radius 2 is 2.10 bits per heavy atom. The molecule has 20 heavy (non-hydrogen) atoms. The first-order chi connectivity index (χ1) is 9.52. The molecule has 2 rings (SSSR count). The predicted octanol–water partition coefficient (Wildman–Crippen LogP) is 3.40. The van der Waals surface area contributed by atoms with Crippen LogP contribution < -0.4 is 0 Å². The molecular formula is C16H14FNO2. The van der Waals surface area contributed by atoms with Crippen LogP contribution in [0, 0.1) is 18.3 Å². The average molecular weight is 271 g/mol. The van der Waals surface area contributed by atoms with Gasteiger partial charge in [0.25, 0.3) is 0 Å². The number of fused-ring (bicyclic) bond motifs is 1. The zero-order valence-corrected chi connectivity index (χ0v) is 11.3. The number of hydrogen-bond acceptors (Lipinski definition) is 3. The maximum Gasteiger partial charge on any atom is 0.363 e. The van der Waals surface area contributed by atoms with Crippen LogP contribution in [0.5, 0.6) is 0 Å². The molecule has 0 N–H and O–H groups in total. The van der Waals surface area contributed by atoms with E-state index in [9.17, 15) is 9.18 Å². The second-order valence-corrected chi connectivity index (χ2v) is 4.51. The Kier molecular flexibility index (Phi) is 3.71. The van der Waals surface area contributed by atoms with Crippen LogP contribution in [0.3, 0.4) is 0 Å². The second-order valence-electron chi connectivity index (χ2n) is 4.51. The maximum absolute atomic E-state index is 14.7. The van der Waals surface area contributed by atoms with Gasteiger partial charge in [-0.2, -0.15) is 5.26 Å². The lowest BCUT2D eigenvalue weighted by molar-refractivity contribution is -0.154. The van der Waals surface area contributed by atoms with Gasteiger partial charge in [0.2, 0.25) is 0 Å². The van der Waals surface area contributed by atoms with Crippen LogP contribution in [0.2, 0.25) is 0 Å². The maximum atomic E-state index is 14.7. The molecule has 102 valence electrons. The summed E-state index contributed by atoms with van der Waals surface area (Å²) in [6.07, 6.45) is 0. The van der Waals surface area contributed by atoms with Gasteiger partial charge in [0, 0.05) is 5.56 Å². The number of ether oxygens (including phenoxy) is 1. The number of esters is 1. The normalized spacial score (nSPS) is 13.5. The van der Waals surface area contributed by atoms with Crippen LogP contribution in [0.15, 0.2) is 36.4 Å². The largest absolute Gasteiger partial charge is 0.463 e. The van der Waals surface area contributed by atoms with E-state index in [1.165, 1.54) is 18.2 Å². The number of benzene rings is 2. The lowest BCUT2D eigenvalue weighted by atomic mass is 9.92. The fourth-order valence-electron chi connectivity index (χ4n) is 2.16. The van der Waals surface area contributed by atoms with Crippen molar-refractivity contribution in [1.29, 1.82) is 5.26 Å². The van der Waals surface area contributed by atoms with Crippen molar-refractivity contribution in [2.75, 3.05) is 6.61 Å². The van der Waals surface area contributed by atoms with Crippen molar-refractivity contribution in [3.05, 3.63) is 47.5 Å². The van der Waals surface area contributed by atoms with Crippen molar-refractivity contribution in [3.63, 3.8) is 0 Å². The van der Waals surface area contributed by atoms with Crippen molar-refractivity contribution < 1.29 is 13.9 Å². The average Bonchev–Trinajstić information content (AvgIpc) is 2.46.